The van der Waals surface area contributed by atoms with Crippen LogP contribution in [-0.4, -0.2) is 31.8 Å². The number of halogens is 2. The normalized spacial score (nSPS) is 28.2. The molecule has 8 heteroatoms. The average molecular weight is 319 g/mol. The molecule has 2 N–H and O–H groups in total. The second-order valence-corrected chi connectivity index (χ2v) is 7.02. The number of nitrogens with one attached hydrogen (secondary N) is 1. The van der Waals surface area contributed by atoms with Gasteiger partial charge in [0.25, 0.3) is 0 Å². The minimum absolute atomic E-state index is 0.0498. The fourth-order valence-electron chi connectivity index (χ4n) is 2.95. The Morgan fingerprint density at radius 1 is 1.33 bits per heavy atom. The van der Waals surface area contributed by atoms with Crippen LogP contribution in [0.4, 0.5) is 8.78 Å². The number of ether oxygens (including phenoxy) is 1. The first kappa shape index (κ1) is 14.8. The monoisotopic (exact) mass is 319 g/mol. The SMILES string of the molecule is O=S(=O)(NC1CC2CCC1O2)c1ccc(F)c(CO)c1F. The molecule has 2 aliphatic rings. The summed E-state index contributed by atoms with van der Waals surface area (Å²) in [5.41, 5.74) is -0.651. The molecule has 21 heavy (non-hydrogen) atoms. The molecule has 0 saturated carbocycles. The Kier molecular flexibility index (Phi) is 3.73. The minimum atomic E-state index is -4.13. The van der Waals surface area contributed by atoms with E-state index in [1.807, 2.05) is 0 Å². The van der Waals surface area contributed by atoms with Crippen LogP contribution in [0.15, 0.2) is 17.0 Å². The zero-order chi connectivity index (χ0) is 15.2. The van der Waals surface area contributed by atoms with Crippen molar-refractivity contribution in [2.75, 3.05) is 0 Å². The van der Waals surface area contributed by atoms with Crippen LogP contribution in [0.3, 0.4) is 0 Å². The van der Waals surface area contributed by atoms with Gasteiger partial charge in [-0.3, -0.25) is 0 Å². The molecule has 2 heterocycles. The standard InChI is InChI=1S/C13H15F2NO4S/c14-9-2-4-12(13(15)8(9)6-17)21(18,19)16-10-5-7-1-3-11(10)20-7/h2,4,7,10-11,16-17H,1,3,5-6H2. The Bertz CT molecular complexity index is 664. The summed E-state index contributed by atoms with van der Waals surface area (Å²) in [6.07, 6.45) is 2.09. The van der Waals surface area contributed by atoms with Gasteiger partial charge < -0.3 is 9.84 Å². The summed E-state index contributed by atoms with van der Waals surface area (Å²) < 4.78 is 59.8. The third-order valence-corrected chi connectivity index (χ3v) is 5.52. The summed E-state index contributed by atoms with van der Waals surface area (Å²) in [6, 6.07) is 1.30. The van der Waals surface area contributed by atoms with Crippen LogP contribution >= 0.6 is 0 Å². The molecule has 5 nitrogen and oxygen atoms in total. The third-order valence-electron chi connectivity index (χ3n) is 4.01. The number of sulfonamides is 1. The van der Waals surface area contributed by atoms with Gasteiger partial charge in [-0.2, -0.15) is 0 Å². The maximum absolute atomic E-state index is 14.0. The topological polar surface area (TPSA) is 75.6 Å². The molecule has 0 spiro atoms. The van der Waals surface area contributed by atoms with Crippen molar-refractivity contribution in [1.29, 1.82) is 0 Å². The Morgan fingerprint density at radius 3 is 2.67 bits per heavy atom. The van der Waals surface area contributed by atoms with Crippen LogP contribution in [0.5, 0.6) is 0 Å². The van der Waals surface area contributed by atoms with Gasteiger partial charge in [0.05, 0.1) is 30.4 Å². The molecule has 2 fully saturated rings. The van der Waals surface area contributed by atoms with Crippen LogP contribution in [0, 0.1) is 11.6 Å². The van der Waals surface area contributed by atoms with Crippen molar-refractivity contribution in [3.05, 3.63) is 29.3 Å². The summed E-state index contributed by atoms with van der Waals surface area (Å²) in [5, 5.41) is 8.94. The fourth-order valence-corrected chi connectivity index (χ4v) is 4.33. The van der Waals surface area contributed by atoms with E-state index >= 15 is 0 Å². The zero-order valence-electron chi connectivity index (χ0n) is 11.1. The largest absolute Gasteiger partial charge is 0.391 e. The Balaban J connectivity index is 1.88. The number of benzene rings is 1. The second-order valence-electron chi connectivity index (χ2n) is 5.33. The zero-order valence-corrected chi connectivity index (χ0v) is 11.9. The van der Waals surface area contributed by atoms with Crippen molar-refractivity contribution in [1.82, 2.24) is 4.72 Å². The van der Waals surface area contributed by atoms with Crippen LogP contribution in [0.25, 0.3) is 0 Å². The maximum atomic E-state index is 14.0. The van der Waals surface area contributed by atoms with Gasteiger partial charge in [-0.25, -0.2) is 21.9 Å². The molecule has 3 rings (SSSR count). The highest BCUT2D eigenvalue weighted by Gasteiger charge is 2.43. The number of rotatable bonds is 4. The van der Waals surface area contributed by atoms with Crippen molar-refractivity contribution in [2.24, 2.45) is 0 Å². The first-order valence-corrected chi connectivity index (χ1v) is 8.16. The second kappa shape index (κ2) is 5.28. The van der Waals surface area contributed by atoms with Gasteiger partial charge >= 0.3 is 0 Å². The molecular weight excluding hydrogens is 304 g/mol. The van der Waals surface area contributed by atoms with Crippen LogP contribution in [0.1, 0.15) is 24.8 Å². The molecule has 3 atom stereocenters. The van der Waals surface area contributed by atoms with Crippen LogP contribution in [0.2, 0.25) is 0 Å². The van der Waals surface area contributed by atoms with Crippen molar-refractivity contribution in [2.45, 2.75) is 49.0 Å². The molecular formula is C13H15F2NO4S. The molecule has 116 valence electrons. The summed E-state index contributed by atoms with van der Waals surface area (Å²) in [4.78, 5) is -0.657. The minimum Gasteiger partial charge on any atom is -0.391 e. The molecule has 2 saturated heterocycles. The van der Waals surface area contributed by atoms with E-state index in [-0.39, 0.29) is 12.2 Å². The highest BCUT2D eigenvalue weighted by molar-refractivity contribution is 7.89. The smallest absolute Gasteiger partial charge is 0.243 e. The van der Waals surface area contributed by atoms with Gasteiger partial charge in [-0.1, -0.05) is 0 Å². The van der Waals surface area contributed by atoms with Crippen molar-refractivity contribution in [3.8, 4) is 0 Å². The number of hydrogen-bond acceptors (Lipinski definition) is 4. The Hall–Kier alpha value is -1.09. The van der Waals surface area contributed by atoms with Crippen LogP contribution < -0.4 is 4.72 Å². The number of aliphatic hydroxyl groups excluding tert-OH is 1. The van der Waals surface area contributed by atoms with Gasteiger partial charge in [0.1, 0.15) is 10.7 Å². The lowest BCUT2D eigenvalue weighted by Gasteiger charge is -2.20. The molecule has 1 aromatic carbocycles. The summed E-state index contributed by atoms with van der Waals surface area (Å²) in [6.45, 7) is -0.904. The first-order valence-electron chi connectivity index (χ1n) is 6.68. The maximum Gasteiger partial charge on any atom is 0.243 e. The first-order chi connectivity index (χ1) is 9.92. The molecule has 0 aliphatic carbocycles. The van der Waals surface area contributed by atoms with Crippen LogP contribution in [-0.2, 0) is 21.4 Å². The molecule has 1 aromatic rings. The summed E-state index contributed by atoms with van der Waals surface area (Å²) in [7, 11) is -4.13. The lowest BCUT2D eigenvalue weighted by molar-refractivity contribution is 0.0995. The van der Waals surface area contributed by atoms with E-state index in [4.69, 9.17) is 9.84 Å². The predicted octanol–water partition coefficient (Wildman–Crippen LogP) is 1.06. The van der Waals surface area contributed by atoms with E-state index in [1.165, 1.54) is 0 Å². The Morgan fingerprint density at radius 2 is 2.10 bits per heavy atom. The molecule has 3 unspecified atom stereocenters. The lowest BCUT2D eigenvalue weighted by atomic mass is 9.96. The van der Waals surface area contributed by atoms with E-state index < -0.39 is 44.8 Å². The molecule has 0 aromatic heterocycles. The van der Waals surface area contributed by atoms with Gasteiger partial charge in [-0.15, -0.1) is 0 Å². The van der Waals surface area contributed by atoms with Gasteiger partial charge in [-0.05, 0) is 31.4 Å². The van der Waals surface area contributed by atoms with Crippen molar-refractivity contribution < 1.29 is 27.0 Å². The summed E-state index contributed by atoms with van der Waals surface area (Å²) >= 11 is 0. The summed E-state index contributed by atoms with van der Waals surface area (Å²) in [5.74, 6) is -2.23. The average Bonchev–Trinajstić information content (AvgIpc) is 3.00. The molecule has 0 radical (unpaired) electrons. The van der Waals surface area contributed by atoms with E-state index in [9.17, 15) is 17.2 Å². The third kappa shape index (κ3) is 2.57. The highest BCUT2D eigenvalue weighted by Crippen LogP contribution is 2.35. The van der Waals surface area contributed by atoms with E-state index in [2.05, 4.69) is 4.72 Å². The number of aliphatic hydroxyl groups is 1. The van der Waals surface area contributed by atoms with Crippen molar-refractivity contribution in [3.63, 3.8) is 0 Å². The molecule has 2 bridgehead atoms. The number of fused-ring (bicyclic) bond motifs is 2. The van der Waals surface area contributed by atoms with Crippen molar-refractivity contribution >= 4 is 10.0 Å². The number of hydrogen-bond donors (Lipinski definition) is 2. The molecule has 0 amide bonds. The lowest BCUT2D eigenvalue weighted by Crippen LogP contribution is -2.41. The predicted molar refractivity (Wildman–Crippen MR) is 68.9 cm³/mol. The van der Waals surface area contributed by atoms with Gasteiger partial charge in [0, 0.05) is 0 Å². The quantitative estimate of drug-likeness (QED) is 0.870. The van der Waals surface area contributed by atoms with E-state index in [0.717, 1.165) is 25.0 Å². The van der Waals surface area contributed by atoms with E-state index in [0.29, 0.717) is 6.42 Å². The van der Waals surface area contributed by atoms with E-state index in [1.54, 1.807) is 0 Å². The Labute approximate surface area is 121 Å². The highest BCUT2D eigenvalue weighted by atomic mass is 32.2. The fraction of sp³-hybridized carbons (Fsp3) is 0.538. The van der Waals surface area contributed by atoms with Gasteiger partial charge in [0.15, 0.2) is 5.82 Å². The molecule has 2 aliphatic heterocycles. The van der Waals surface area contributed by atoms with Gasteiger partial charge in [0.2, 0.25) is 10.0 Å².